The van der Waals surface area contributed by atoms with E-state index in [1.165, 1.54) is 32.6 Å². The number of hydrogen-bond donors (Lipinski definition) is 1. The van der Waals surface area contributed by atoms with Crippen molar-refractivity contribution in [2.45, 2.75) is 26.7 Å². The van der Waals surface area contributed by atoms with Crippen LogP contribution in [0.4, 0.5) is 0 Å². The van der Waals surface area contributed by atoms with E-state index in [4.69, 9.17) is 4.74 Å². The fourth-order valence-corrected chi connectivity index (χ4v) is 2.12. The van der Waals surface area contributed by atoms with Crippen molar-refractivity contribution in [3.63, 3.8) is 0 Å². The van der Waals surface area contributed by atoms with Gasteiger partial charge in [0.15, 0.2) is 0 Å². The smallest absolute Gasteiger partial charge is 0.0477 e. The van der Waals surface area contributed by atoms with Crippen molar-refractivity contribution in [2.24, 2.45) is 5.92 Å². The Bertz CT molecular complexity index is 153. The Morgan fingerprint density at radius 1 is 1.40 bits per heavy atom. The van der Waals surface area contributed by atoms with Crippen LogP contribution in [-0.4, -0.2) is 50.8 Å². The average Bonchev–Trinajstić information content (AvgIpc) is 2.71. The van der Waals surface area contributed by atoms with Gasteiger partial charge < -0.3 is 15.0 Å². The summed E-state index contributed by atoms with van der Waals surface area (Å²) in [4.78, 5) is 2.53. The van der Waals surface area contributed by atoms with Crippen LogP contribution in [0, 0.1) is 5.92 Å². The number of rotatable bonds is 8. The lowest BCUT2D eigenvalue weighted by Crippen LogP contribution is -2.27. The lowest BCUT2D eigenvalue weighted by Gasteiger charge is -2.13. The zero-order chi connectivity index (χ0) is 10.9. The third-order valence-electron chi connectivity index (χ3n) is 3.10. The first kappa shape index (κ1) is 12.9. The molecule has 3 heteroatoms. The van der Waals surface area contributed by atoms with Crippen molar-refractivity contribution < 1.29 is 4.74 Å². The van der Waals surface area contributed by atoms with Gasteiger partial charge in [0.25, 0.3) is 0 Å². The second-order valence-electron chi connectivity index (χ2n) is 4.30. The molecule has 1 heterocycles. The Labute approximate surface area is 94.2 Å². The highest BCUT2D eigenvalue weighted by Gasteiger charge is 2.19. The lowest BCUT2D eigenvalue weighted by atomic mass is 10.1. The molecule has 90 valence electrons. The topological polar surface area (TPSA) is 24.5 Å². The summed E-state index contributed by atoms with van der Waals surface area (Å²) in [5, 5.41) is 3.52. The van der Waals surface area contributed by atoms with Gasteiger partial charge >= 0.3 is 0 Å². The summed E-state index contributed by atoms with van der Waals surface area (Å²) in [6.07, 6.45) is 2.50. The van der Waals surface area contributed by atoms with Gasteiger partial charge in [-0.2, -0.15) is 0 Å². The van der Waals surface area contributed by atoms with E-state index in [2.05, 4.69) is 17.1 Å². The van der Waals surface area contributed by atoms with E-state index in [9.17, 15) is 0 Å². The van der Waals surface area contributed by atoms with Crippen LogP contribution in [0.15, 0.2) is 0 Å². The van der Waals surface area contributed by atoms with Crippen LogP contribution in [0.5, 0.6) is 0 Å². The second kappa shape index (κ2) is 8.08. The summed E-state index contributed by atoms with van der Waals surface area (Å²) in [6.45, 7) is 12.1. The third kappa shape index (κ3) is 5.50. The molecule has 3 nitrogen and oxygen atoms in total. The van der Waals surface area contributed by atoms with Crippen LogP contribution in [-0.2, 0) is 4.74 Å². The number of ether oxygens (including phenoxy) is 1. The summed E-state index contributed by atoms with van der Waals surface area (Å²) < 4.78 is 5.29. The SMILES string of the molecule is CCOCCCNCC1CCN(CC)C1. The molecule has 1 N–H and O–H groups in total. The van der Waals surface area contributed by atoms with Crippen LogP contribution >= 0.6 is 0 Å². The monoisotopic (exact) mass is 214 g/mol. The van der Waals surface area contributed by atoms with E-state index in [0.29, 0.717) is 0 Å². The van der Waals surface area contributed by atoms with Crippen molar-refractivity contribution in [1.29, 1.82) is 0 Å². The van der Waals surface area contributed by atoms with Crippen molar-refractivity contribution in [3.05, 3.63) is 0 Å². The van der Waals surface area contributed by atoms with E-state index < -0.39 is 0 Å². The number of nitrogens with zero attached hydrogens (tertiary/aromatic N) is 1. The van der Waals surface area contributed by atoms with Crippen LogP contribution in [0.3, 0.4) is 0 Å². The minimum absolute atomic E-state index is 0.841. The van der Waals surface area contributed by atoms with Crippen molar-refractivity contribution in [3.8, 4) is 0 Å². The molecule has 0 aromatic carbocycles. The normalized spacial score (nSPS) is 22.4. The molecule has 1 aliphatic heterocycles. The molecule has 0 aromatic rings. The largest absolute Gasteiger partial charge is 0.382 e. The Balaban J connectivity index is 1.88. The molecular formula is C12H26N2O. The molecule has 0 radical (unpaired) electrons. The van der Waals surface area contributed by atoms with E-state index in [1.807, 2.05) is 6.92 Å². The average molecular weight is 214 g/mol. The minimum Gasteiger partial charge on any atom is -0.382 e. The Morgan fingerprint density at radius 2 is 2.27 bits per heavy atom. The summed E-state index contributed by atoms with van der Waals surface area (Å²) >= 11 is 0. The van der Waals surface area contributed by atoms with Gasteiger partial charge in [0.05, 0.1) is 0 Å². The van der Waals surface area contributed by atoms with Gasteiger partial charge in [0.2, 0.25) is 0 Å². The first-order valence-electron chi connectivity index (χ1n) is 6.37. The predicted octanol–water partition coefficient (Wildman–Crippen LogP) is 1.34. The van der Waals surface area contributed by atoms with Crippen molar-refractivity contribution >= 4 is 0 Å². The zero-order valence-corrected chi connectivity index (χ0v) is 10.3. The maximum atomic E-state index is 5.29. The van der Waals surface area contributed by atoms with E-state index in [-0.39, 0.29) is 0 Å². The van der Waals surface area contributed by atoms with Gasteiger partial charge in [-0.25, -0.2) is 0 Å². The number of nitrogens with one attached hydrogen (secondary N) is 1. The molecule has 1 unspecified atom stereocenters. The number of hydrogen-bond acceptors (Lipinski definition) is 3. The Morgan fingerprint density at radius 3 is 2.93 bits per heavy atom. The number of likely N-dealkylation sites (tertiary alicyclic amines) is 1. The highest BCUT2D eigenvalue weighted by atomic mass is 16.5. The molecule has 0 aliphatic carbocycles. The summed E-state index contributed by atoms with van der Waals surface area (Å²) in [5.74, 6) is 0.872. The fraction of sp³-hybridized carbons (Fsp3) is 1.00. The highest BCUT2D eigenvalue weighted by Crippen LogP contribution is 2.14. The van der Waals surface area contributed by atoms with E-state index in [1.54, 1.807) is 0 Å². The fourth-order valence-electron chi connectivity index (χ4n) is 2.12. The maximum absolute atomic E-state index is 5.29. The third-order valence-corrected chi connectivity index (χ3v) is 3.10. The molecule has 1 fully saturated rings. The zero-order valence-electron chi connectivity index (χ0n) is 10.3. The summed E-state index contributed by atoms with van der Waals surface area (Å²) in [5.41, 5.74) is 0. The van der Waals surface area contributed by atoms with Crippen LogP contribution in [0.25, 0.3) is 0 Å². The van der Waals surface area contributed by atoms with Gasteiger partial charge in [0.1, 0.15) is 0 Å². The van der Waals surface area contributed by atoms with Gasteiger partial charge in [0, 0.05) is 19.8 Å². The maximum Gasteiger partial charge on any atom is 0.0477 e. The van der Waals surface area contributed by atoms with Gasteiger partial charge in [-0.3, -0.25) is 0 Å². The molecular weight excluding hydrogens is 188 g/mol. The molecule has 0 saturated carbocycles. The molecule has 0 aromatic heterocycles. The molecule has 1 rings (SSSR count). The summed E-state index contributed by atoms with van der Waals surface area (Å²) in [6, 6.07) is 0. The first-order chi connectivity index (χ1) is 7.36. The predicted molar refractivity (Wildman–Crippen MR) is 64.2 cm³/mol. The molecule has 1 atom stereocenters. The van der Waals surface area contributed by atoms with Crippen molar-refractivity contribution in [1.82, 2.24) is 10.2 Å². The van der Waals surface area contributed by atoms with E-state index in [0.717, 1.165) is 32.1 Å². The standard InChI is InChI=1S/C12H26N2O/c1-3-14-8-6-12(11-14)10-13-7-5-9-15-4-2/h12-13H,3-11H2,1-2H3. The lowest BCUT2D eigenvalue weighted by molar-refractivity contribution is 0.144. The molecule has 1 aliphatic rings. The molecule has 0 spiro atoms. The Kier molecular flexibility index (Phi) is 6.98. The highest BCUT2D eigenvalue weighted by molar-refractivity contribution is 4.76. The van der Waals surface area contributed by atoms with E-state index >= 15 is 0 Å². The molecule has 0 bridgehead atoms. The summed E-state index contributed by atoms with van der Waals surface area (Å²) in [7, 11) is 0. The van der Waals surface area contributed by atoms with Gasteiger partial charge in [-0.05, 0) is 51.9 Å². The quantitative estimate of drug-likeness (QED) is 0.617. The molecule has 0 amide bonds. The van der Waals surface area contributed by atoms with Crippen LogP contribution in [0.1, 0.15) is 26.7 Å². The molecule has 1 saturated heterocycles. The first-order valence-corrected chi connectivity index (χ1v) is 6.37. The van der Waals surface area contributed by atoms with Crippen LogP contribution in [0.2, 0.25) is 0 Å². The second-order valence-corrected chi connectivity index (χ2v) is 4.30. The molecule has 15 heavy (non-hydrogen) atoms. The van der Waals surface area contributed by atoms with Crippen molar-refractivity contribution in [2.75, 3.05) is 45.9 Å². The minimum atomic E-state index is 0.841. The van der Waals surface area contributed by atoms with Crippen LogP contribution < -0.4 is 5.32 Å². The van der Waals surface area contributed by atoms with Gasteiger partial charge in [-0.1, -0.05) is 6.92 Å². The Hall–Kier alpha value is -0.120. The van der Waals surface area contributed by atoms with Gasteiger partial charge in [-0.15, -0.1) is 0 Å².